The standard InChI is InChI=1S/C25H25F3N6O2/c1-2-23(35)31-20-5-3-4-6-22(20)36-24-19(28)16-29-25(32-24)30-17-7-8-21(18(27)15-17)34-13-11-33(10-9-26)12-14-34/h2-8,15-16H,1,9-14H2,(H,31,35)(H,29,30,32). The first kappa shape index (κ1) is 25.0. The maximum absolute atomic E-state index is 14.9. The van der Waals surface area contributed by atoms with Crippen molar-refractivity contribution in [3.63, 3.8) is 0 Å². The molecule has 0 atom stereocenters. The van der Waals surface area contributed by atoms with E-state index in [0.29, 0.717) is 49.8 Å². The first-order chi connectivity index (χ1) is 17.5. The molecule has 0 aliphatic carbocycles. The molecule has 0 radical (unpaired) electrons. The summed E-state index contributed by atoms with van der Waals surface area (Å²) in [4.78, 5) is 23.5. The lowest BCUT2D eigenvalue weighted by molar-refractivity contribution is -0.111. The number of hydrogen-bond donors (Lipinski definition) is 2. The van der Waals surface area contributed by atoms with Crippen molar-refractivity contribution in [2.45, 2.75) is 0 Å². The molecule has 4 rings (SSSR count). The number of halogens is 3. The van der Waals surface area contributed by atoms with Crippen molar-refractivity contribution in [1.29, 1.82) is 0 Å². The highest BCUT2D eigenvalue weighted by atomic mass is 19.1. The van der Waals surface area contributed by atoms with Crippen LogP contribution in [-0.4, -0.2) is 60.2 Å². The minimum Gasteiger partial charge on any atom is -0.434 e. The number of carbonyl (C=O) groups excluding carboxylic acids is 1. The van der Waals surface area contributed by atoms with Gasteiger partial charge in [0.2, 0.25) is 17.7 Å². The van der Waals surface area contributed by atoms with Crippen LogP contribution in [-0.2, 0) is 4.79 Å². The fourth-order valence-corrected chi connectivity index (χ4v) is 3.73. The van der Waals surface area contributed by atoms with Gasteiger partial charge in [0.1, 0.15) is 12.5 Å². The Kier molecular flexibility index (Phi) is 8.01. The summed E-state index contributed by atoms with van der Waals surface area (Å²) in [7, 11) is 0. The minimum absolute atomic E-state index is 0.00834. The molecule has 2 aromatic carbocycles. The minimum atomic E-state index is -0.821. The summed E-state index contributed by atoms with van der Waals surface area (Å²) in [5.74, 6) is -1.94. The summed E-state index contributed by atoms with van der Waals surface area (Å²) >= 11 is 0. The van der Waals surface area contributed by atoms with Crippen LogP contribution in [0.4, 0.5) is 36.2 Å². The van der Waals surface area contributed by atoms with Crippen LogP contribution in [0, 0.1) is 11.6 Å². The van der Waals surface area contributed by atoms with E-state index in [1.807, 2.05) is 9.80 Å². The van der Waals surface area contributed by atoms with E-state index in [-0.39, 0.29) is 17.6 Å². The number of carbonyl (C=O) groups is 1. The number of rotatable bonds is 9. The van der Waals surface area contributed by atoms with Gasteiger partial charge in [0.15, 0.2) is 5.75 Å². The van der Waals surface area contributed by atoms with E-state index in [9.17, 15) is 18.0 Å². The number of benzene rings is 2. The van der Waals surface area contributed by atoms with Gasteiger partial charge in [-0.25, -0.2) is 13.8 Å². The molecule has 1 aliphatic rings. The fraction of sp³-hybridized carbons (Fsp3) is 0.240. The lowest BCUT2D eigenvalue weighted by atomic mass is 10.2. The molecule has 1 aromatic heterocycles. The van der Waals surface area contributed by atoms with Crippen LogP contribution in [0.2, 0.25) is 0 Å². The SMILES string of the molecule is C=CC(=O)Nc1ccccc1Oc1nc(Nc2ccc(N3CCN(CCF)CC3)c(F)c2)ncc1F. The van der Waals surface area contributed by atoms with Crippen LogP contribution in [0.1, 0.15) is 0 Å². The lowest BCUT2D eigenvalue weighted by Gasteiger charge is -2.35. The number of amides is 1. The summed E-state index contributed by atoms with van der Waals surface area (Å²) in [5.41, 5.74) is 1.12. The number of hydrogen-bond acceptors (Lipinski definition) is 7. The van der Waals surface area contributed by atoms with Crippen molar-refractivity contribution in [3.05, 3.63) is 73.0 Å². The van der Waals surface area contributed by atoms with E-state index in [1.165, 1.54) is 6.07 Å². The van der Waals surface area contributed by atoms with Crippen LogP contribution in [0.3, 0.4) is 0 Å². The highest BCUT2D eigenvalue weighted by Crippen LogP contribution is 2.31. The molecule has 1 fully saturated rings. The third-order valence-electron chi connectivity index (χ3n) is 5.57. The Morgan fingerprint density at radius 2 is 1.89 bits per heavy atom. The quantitative estimate of drug-likeness (QED) is 0.420. The Hall–Kier alpha value is -4.12. The van der Waals surface area contributed by atoms with Gasteiger partial charge in [0.05, 0.1) is 17.6 Å². The second-order valence-corrected chi connectivity index (χ2v) is 7.95. The summed E-state index contributed by atoms with van der Waals surface area (Å²) in [6.45, 7) is 5.91. The molecule has 3 aromatic rings. The molecule has 0 spiro atoms. The van der Waals surface area contributed by atoms with Gasteiger partial charge in [-0.3, -0.25) is 9.69 Å². The lowest BCUT2D eigenvalue weighted by Crippen LogP contribution is -2.47. The van der Waals surface area contributed by atoms with E-state index in [4.69, 9.17) is 4.74 Å². The number of piperazine rings is 1. The van der Waals surface area contributed by atoms with Crippen LogP contribution >= 0.6 is 0 Å². The summed E-state index contributed by atoms with van der Waals surface area (Å²) in [5, 5.41) is 5.42. The summed E-state index contributed by atoms with van der Waals surface area (Å²) in [6, 6.07) is 11.1. The number of anilines is 4. The Balaban J connectivity index is 1.46. The molecule has 2 heterocycles. The monoisotopic (exact) mass is 498 g/mol. The normalized spacial score (nSPS) is 13.8. The van der Waals surface area contributed by atoms with Gasteiger partial charge in [-0.1, -0.05) is 18.7 Å². The van der Waals surface area contributed by atoms with Crippen LogP contribution in [0.5, 0.6) is 11.6 Å². The largest absolute Gasteiger partial charge is 0.434 e. The molecule has 1 aliphatic heterocycles. The topological polar surface area (TPSA) is 82.6 Å². The number of para-hydroxylation sites is 2. The predicted octanol–water partition coefficient (Wildman–Crippen LogP) is 4.51. The van der Waals surface area contributed by atoms with Crippen molar-refractivity contribution in [1.82, 2.24) is 14.9 Å². The average Bonchev–Trinajstić information content (AvgIpc) is 2.88. The van der Waals surface area contributed by atoms with E-state index >= 15 is 0 Å². The van der Waals surface area contributed by atoms with Crippen LogP contribution < -0.4 is 20.3 Å². The Bertz CT molecular complexity index is 1230. The van der Waals surface area contributed by atoms with Crippen LogP contribution in [0.15, 0.2) is 61.3 Å². The molecule has 0 bridgehead atoms. The zero-order chi connectivity index (χ0) is 25.5. The molecule has 8 nitrogen and oxygen atoms in total. The van der Waals surface area contributed by atoms with Gasteiger partial charge >= 0.3 is 0 Å². The van der Waals surface area contributed by atoms with Crippen molar-refractivity contribution < 1.29 is 22.7 Å². The number of aromatic nitrogens is 2. The van der Waals surface area contributed by atoms with Crippen molar-refractivity contribution in [2.24, 2.45) is 0 Å². The highest BCUT2D eigenvalue weighted by Gasteiger charge is 2.20. The molecule has 0 unspecified atom stereocenters. The molecular weight excluding hydrogens is 473 g/mol. The molecule has 1 amide bonds. The number of alkyl halides is 1. The van der Waals surface area contributed by atoms with Gasteiger partial charge < -0.3 is 20.3 Å². The second-order valence-electron chi connectivity index (χ2n) is 7.95. The molecule has 188 valence electrons. The summed E-state index contributed by atoms with van der Waals surface area (Å²) in [6.07, 6.45) is 2.03. The average molecular weight is 499 g/mol. The molecule has 1 saturated heterocycles. The van der Waals surface area contributed by atoms with Gasteiger partial charge in [-0.15, -0.1) is 0 Å². The molecule has 0 saturated carbocycles. The van der Waals surface area contributed by atoms with Gasteiger partial charge in [0, 0.05) is 38.4 Å². The maximum atomic E-state index is 14.9. The fourth-order valence-electron chi connectivity index (χ4n) is 3.73. The first-order valence-electron chi connectivity index (χ1n) is 11.3. The third kappa shape index (κ3) is 6.11. The predicted molar refractivity (Wildman–Crippen MR) is 132 cm³/mol. The Labute approximate surface area is 206 Å². The first-order valence-corrected chi connectivity index (χ1v) is 11.3. The number of nitrogens with one attached hydrogen (secondary N) is 2. The van der Waals surface area contributed by atoms with Crippen molar-refractivity contribution in [3.8, 4) is 11.6 Å². The highest BCUT2D eigenvalue weighted by molar-refractivity contribution is 5.99. The third-order valence-corrected chi connectivity index (χ3v) is 5.57. The Morgan fingerprint density at radius 1 is 1.11 bits per heavy atom. The second kappa shape index (κ2) is 11.5. The van der Waals surface area contributed by atoms with Crippen LogP contribution in [0.25, 0.3) is 0 Å². The smallest absolute Gasteiger partial charge is 0.260 e. The molecule has 2 N–H and O–H groups in total. The van der Waals surface area contributed by atoms with Gasteiger partial charge in [-0.05, 0) is 36.4 Å². The maximum Gasteiger partial charge on any atom is 0.260 e. The number of nitrogens with zero attached hydrogens (tertiary/aromatic N) is 4. The van der Waals surface area contributed by atoms with E-state index < -0.39 is 24.2 Å². The van der Waals surface area contributed by atoms with E-state index in [1.54, 1.807) is 36.4 Å². The molecule has 36 heavy (non-hydrogen) atoms. The van der Waals surface area contributed by atoms with E-state index in [0.717, 1.165) is 12.3 Å². The number of ether oxygens (including phenoxy) is 1. The summed E-state index contributed by atoms with van der Waals surface area (Å²) < 4.78 is 47.4. The van der Waals surface area contributed by atoms with Gasteiger partial charge in [-0.2, -0.15) is 9.37 Å². The van der Waals surface area contributed by atoms with Gasteiger partial charge in [0.25, 0.3) is 5.88 Å². The zero-order valence-electron chi connectivity index (χ0n) is 19.4. The van der Waals surface area contributed by atoms with Crippen molar-refractivity contribution in [2.75, 3.05) is 54.9 Å². The molecular formula is C25H25F3N6O2. The van der Waals surface area contributed by atoms with Crippen molar-refractivity contribution >= 4 is 28.9 Å². The van der Waals surface area contributed by atoms with E-state index in [2.05, 4.69) is 27.2 Å². The Morgan fingerprint density at radius 3 is 2.61 bits per heavy atom. The zero-order valence-corrected chi connectivity index (χ0v) is 19.4. The molecule has 11 heteroatoms.